The van der Waals surface area contributed by atoms with Gasteiger partial charge in [-0.05, 0) is 44.6 Å². The Morgan fingerprint density at radius 1 is 1.15 bits per heavy atom. The van der Waals surface area contributed by atoms with Crippen molar-refractivity contribution < 1.29 is 4.74 Å². The molecule has 120 valence electrons. The molecule has 1 aliphatic heterocycles. The Bertz CT molecular complexity index is 254. The molecule has 0 bridgehead atoms. The van der Waals surface area contributed by atoms with Crippen LogP contribution in [0.25, 0.3) is 0 Å². The zero-order chi connectivity index (χ0) is 15.2. The summed E-state index contributed by atoms with van der Waals surface area (Å²) in [5.41, 5.74) is 0.408. The smallest absolute Gasteiger partial charge is 0.0678 e. The monoisotopic (exact) mass is 284 g/mol. The van der Waals surface area contributed by atoms with Gasteiger partial charge < -0.3 is 10.1 Å². The lowest BCUT2D eigenvalue weighted by molar-refractivity contribution is -0.0784. The first kappa shape index (κ1) is 17.9. The lowest BCUT2D eigenvalue weighted by atomic mass is 9.81. The van der Waals surface area contributed by atoms with Crippen molar-refractivity contribution >= 4 is 0 Å². The maximum absolute atomic E-state index is 5.85. The molecule has 1 rings (SSSR count). The Hall–Kier alpha value is -0.120. The van der Waals surface area contributed by atoms with Crippen molar-refractivity contribution in [1.82, 2.24) is 10.2 Å². The standard InChI is InChI=1S/C17H36N2O/c1-7-17(8-2,12-18-9-14(3)4)13-19-10-15(5)20-16(6)11-19/h14-16,18H,7-13H2,1-6H3/t15-,16+. The minimum atomic E-state index is 0.369. The quantitative estimate of drug-likeness (QED) is 0.741. The van der Waals surface area contributed by atoms with Crippen LogP contribution in [0.3, 0.4) is 0 Å². The third-order valence-electron chi connectivity index (χ3n) is 4.61. The van der Waals surface area contributed by atoms with Gasteiger partial charge in [0.25, 0.3) is 0 Å². The van der Waals surface area contributed by atoms with Crippen LogP contribution in [0.2, 0.25) is 0 Å². The first-order chi connectivity index (χ1) is 9.40. The van der Waals surface area contributed by atoms with E-state index in [2.05, 4.69) is 51.8 Å². The van der Waals surface area contributed by atoms with Crippen molar-refractivity contribution in [2.45, 2.75) is 66.6 Å². The van der Waals surface area contributed by atoms with Crippen molar-refractivity contribution in [3.8, 4) is 0 Å². The Balaban J connectivity index is 2.55. The van der Waals surface area contributed by atoms with Gasteiger partial charge in [-0.3, -0.25) is 4.90 Å². The van der Waals surface area contributed by atoms with Crippen LogP contribution in [0.15, 0.2) is 0 Å². The fourth-order valence-corrected chi connectivity index (χ4v) is 3.29. The first-order valence-electron chi connectivity index (χ1n) is 8.49. The highest BCUT2D eigenvalue weighted by Gasteiger charge is 2.31. The molecular formula is C17H36N2O. The molecule has 2 atom stereocenters. The summed E-state index contributed by atoms with van der Waals surface area (Å²) in [7, 11) is 0. The second-order valence-corrected chi connectivity index (χ2v) is 7.18. The van der Waals surface area contributed by atoms with E-state index in [1.54, 1.807) is 0 Å². The predicted molar refractivity (Wildman–Crippen MR) is 87.2 cm³/mol. The van der Waals surface area contributed by atoms with Gasteiger partial charge in [-0.2, -0.15) is 0 Å². The van der Waals surface area contributed by atoms with Crippen LogP contribution in [-0.4, -0.2) is 49.8 Å². The number of ether oxygens (including phenoxy) is 1. The number of hydrogen-bond acceptors (Lipinski definition) is 3. The fraction of sp³-hybridized carbons (Fsp3) is 1.00. The van der Waals surface area contributed by atoms with Crippen LogP contribution in [-0.2, 0) is 4.74 Å². The van der Waals surface area contributed by atoms with E-state index in [0.717, 1.165) is 32.1 Å². The highest BCUT2D eigenvalue weighted by atomic mass is 16.5. The van der Waals surface area contributed by atoms with Gasteiger partial charge in [-0.15, -0.1) is 0 Å². The topological polar surface area (TPSA) is 24.5 Å². The van der Waals surface area contributed by atoms with Gasteiger partial charge in [0.05, 0.1) is 12.2 Å². The first-order valence-corrected chi connectivity index (χ1v) is 8.49. The average Bonchev–Trinajstić information content (AvgIpc) is 2.36. The van der Waals surface area contributed by atoms with Crippen LogP contribution in [0, 0.1) is 11.3 Å². The molecule has 0 unspecified atom stereocenters. The third-order valence-corrected chi connectivity index (χ3v) is 4.61. The molecule has 3 nitrogen and oxygen atoms in total. The van der Waals surface area contributed by atoms with E-state index in [1.165, 1.54) is 19.4 Å². The summed E-state index contributed by atoms with van der Waals surface area (Å²) in [4.78, 5) is 2.61. The summed E-state index contributed by atoms with van der Waals surface area (Å²) < 4.78 is 5.85. The molecule has 1 N–H and O–H groups in total. The summed E-state index contributed by atoms with van der Waals surface area (Å²) >= 11 is 0. The lowest BCUT2D eigenvalue weighted by Gasteiger charge is -2.42. The van der Waals surface area contributed by atoms with Crippen LogP contribution < -0.4 is 5.32 Å². The lowest BCUT2D eigenvalue weighted by Crippen LogP contribution is -2.51. The van der Waals surface area contributed by atoms with E-state index in [1.807, 2.05) is 0 Å². The van der Waals surface area contributed by atoms with Gasteiger partial charge in [0.1, 0.15) is 0 Å². The SMILES string of the molecule is CCC(CC)(CNCC(C)C)CN1C[C@@H](C)O[C@@H](C)C1. The summed E-state index contributed by atoms with van der Waals surface area (Å²) in [5, 5.41) is 3.68. The van der Waals surface area contributed by atoms with Gasteiger partial charge in [-0.25, -0.2) is 0 Å². The molecule has 1 aliphatic rings. The van der Waals surface area contributed by atoms with Crippen molar-refractivity contribution in [2.24, 2.45) is 11.3 Å². The highest BCUT2D eigenvalue weighted by molar-refractivity contribution is 4.85. The fourth-order valence-electron chi connectivity index (χ4n) is 3.29. The van der Waals surface area contributed by atoms with Gasteiger partial charge in [0, 0.05) is 26.2 Å². The Morgan fingerprint density at radius 2 is 1.70 bits per heavy atom. The Kier molecular flexibility index (Phi) is 7.49. The van der Waals surface area contributed by atoms with Crippen molar-refractivity contribution in [3.63, 3.8) is 0 Å². The maximum atomic E-state index is 5.85. The Labute approximate surface area is 126 Å². The van der Waals surface area contributed by atoms with Crippen LogP contribution in [0.5, 0.6) is 0 Å². The van der Waals surface area contributed by atoms with Crippen LogP contribution in [0.4, 0.5) is 0 Å². The third kappa shape index (κ3) is 5.71. The molecule has 1 saturated heterocycles. The Morgan fingerprint density at radius 3 is 2.15 bits per heavy atom. The van der Waals surface area contributed by atoms with E-state index in [0.29, 0.717) is 17.6 Å². The summed E-state index contributed by atoms with van der Waals surface area (Å²) in [5.74, 6) is 0.727. The second kappa shape index (κ2) is 8.35. The van der Waals surface area contributed by atoms with E-state index < -0.39 is 0 Å². The number of rotatable bonds is 8. The van der Waals surface area contributed by atoms with Crippen molar-refractivity contribution in [1.29, 1.82) is 0 Å². The van der Waals surface area contributed by atoms with Crippen molar-refractivity contribution in [2.75, 3.05) is 32.7 Å². The number of nitrogens with zero attached hydrogens (tertiary/aromatic N) is 1. The molecule has 0 aliphatic carbocycles. The second-order valence-electron chi connectivity index (χ2n) is 7.18. The maximum Gasteiger partial charge on any atom is 0.0678 e. The zero-order valence-electron chi connectivity index (χ0n) is 14.5. The molecule has 0 radical (unpaired) electrons. The van der Waals surface area contributed by atoms with E-state index in [-0.39, 0.29) is 0 Å². The molecule has 0 aromatic rings. The molecule has 0 amide bonds. The highest BCUT2D eigenvalue weighted by Crippen LogP contribution is 2.28. The molecule has 1 fully saturated rings. The van der Waals surface area contributed by atoms with Crippen LogP contribution in [0.1, 0.15) is 54.4 Å². The molecular weight excluding hydrogens is 248 g/mol. The van der Waals surface area contributed by atoms with Gasteiger partial charge in [0.2, 0.25) is 0 Å². The van der Waals surface area contributed by atoms with Gasteiger partial charge >= 0.3 is 0 Å². The number of hydrogen-bond donors (Lipinski definition) is 1. The summed E-state index contributed by atoms with van der Waals surface area (Å²) in [6.45, 7) is 19.2. The largest absolute Gasteiger partial charge is 0.373 e. The summed E-state index contributed by atoms with van der Waals surface area (Å²) in [6, 6.07) is 0. The van der Waals surface area contributed by atoms with Crippen molar-refractivity contribution in [3.05, 3.63) is 0 Å². The molecule has 0 aromatic heterocycles. The number of morpholine rings is 1. The normalized spacial score (nSPS) is 25.4. The van der Waals surface area contributed by atoms with E-state index in [9.17, 15) is 0 Å². The van der Waals surface area contributed by atoms with Gasteiger partial charge in [0.15, 0.2) is 0 Å². The van der Waals surface area contributed by atoms with Crippen LogP contribution >= 0.6 is 0 Å². The summed E-state index contributed by atoms with van der Waals surface area (Å²) in [6.07, 6.45) is 3.23. The minimum Gasteiger partial charge on any atom is -0.373 e. The minimum absolute atomic E-state index is 0.369. The predicted octanol–water partition coefficient (Wildman–Crippen LogP) is 3.15. The average molecular weight is 284 g/mol. The molecule has 1 heterocycles. The van der Waals surface area contributed by atoms with Gasteiger partial charge in [-0.1, -0.05) is 27.7 Å². The molecule has 0 spiro atoms. The zero-order valence-corrected chi connectivity index (χ0v) is 14.5. The molecule has 0 saturated carbocycles. The van der Waals surface area contributed by atoms with E-state index in [4.69, 9.17) is 4.74 Å². The molecule has 3 heteroatoms. The number of nitrogens with one attached hydrogen (secondary N) is 1. The molecule has 20 heavy (non-hydrogen) atoms. The molecule has 0 aromatic carbocycles. The van der Waals surface area contributed by atoms with E-state index >= 15 is 0 Å².